The first-order chi connectivity index (χ1) is 13.6. The summed E-state index contributed by atoms with van der Waals surface area (Å²) in [6, 6.07) is 7.94. The zero-order valence-electron chi connectivity index (χ0n) is 16.8. The van der Waals surface area contributed by atoms with Crippen molar-refractivity contribution in [1.29, 1.82) is 0 Å². The average Bonchev–Trinajstić information content (AvgIpc) is 3.24. The number of benzene rings is 1. The van der Waals surface area contributed by atoms with E-state index in [1.54, 1.807) is 0 Å². The number of fused-ring (bicyclic) bond motifs is 1. The van der Waals surface area contributed by atoms with Crippen molar-refractivity contribution in [2.45, 2.75) is 39.7 Å². The first kappa shape index (κ1) is 19.0. The summed E-state index contributed by atoms with van der Waals surface area (Å²) >= 11 is 0. The molecule has 2 heterocycles. The molecule has 1 saturated heterocycles. The minimum absolute atomic E-state index is 0.126. The summed E-state index contributed by atoms with van der Waals surface area (Å²) in [7, 11) is 0. The van der Waals surface area contributed by atoms with Crippen LogP contribution < -0.4 is 10.6 Å². The van der Waals surface area contributed by atoms with Gasteiger partial charge in [0.15, 0.2) is 0 Å². The third-order valence-electron chi connectivity index (χ3n) is 6.57. The van der Waals surface area contributed by atoms with Gasteiger partial charge in [-0.25, -0.2) is 0 Å². The van der Waals surface area contributed by atoms with Crippen molar-refractivity contribution < 1.29 is 9.59 Å². The fraction of sp³-hybridized carbons (Fsp3) is 0.545. The molecule has 0 radical (unpaired) electrons. The maximum absolute atomic E-state index is 12.7. The third kappa shape index (κ3) is 3.53. The van der Waals surface area contributed by atoms with Crippen LogP contribution in [-0.4, -0.2) is 47.5 Å². The lowest BCUT2D eigenvalue weighted by atomic mass is 9.92. The molecule has 1 unspecified atom stereocenters. The van der Waals surface area contributed by atoms with Crippen molar-refractivity contribution in [2.24, 2.45) is 11.3 Å². The number of likely N-dealkylation sites (N-methyl/N-ethyl adjacent to an activating group) is 1. The van der Waals surface area contributed by atoms with E-state index in [4.69, 9.17) is 0 Å². The van der Waals surface area contributed by atoms with Gasteiger partial charge in [-0.3, -0.25) is 9.59 Å². The largest absolute Gasteiger partial charge is 0.342 e. The monoisotopic (exact) mass is 382 g/mol. The summed E-state index contributed by atoms with van der Waals surface area (Å²) in [5, 5.41) is 7.53. The van der Waals surface area contributed by atoms with Crippen molar-refractivity contribution in [1.82, 2.24) is 14.8 Å². The predicted octanol–water partition coefficient (Wildman–Crippen LogP) is 2.84. The fourth-order valence-corrected chi connectivity index (χ4v) is 4.66. The molecule has 6 nitrogen and oxygen atoms in total. The van der Waals surface area contributed by atoms with Crippen LogP contribution in [0.5, 0.6) is 0 Å². The lowest BCUT2D eigenvalue weighted by Gasteiger charge is -2.23. The lowest BCUT2D eigenvalue weighted by Crippen LogP contribution is -2.33. The second kappa shape index (κ2) is 7.59. The molecule has 150 valence electrons. The number of anilines is 1. The van der Waals surface area contributed by atoms with E-state index in [2.05, 4.69) is 10.6 Å². The number of carbonyl (C=O) groups is 2. The maximum atomic E-state index is 12.7. The molecule has 2 aliphatic rings. The van der Waals surface area contributed by atoms with Gasteiger partial charge in [0.25, 0.3) is 0 Å². The molecular weight excluding hydrogens is 352 g/mol. The van der Waals surface area contributed by atoms with Gasteiger partial charge in [-0.2, -0.15) is 0 Å². The maximum Gasteiger partial charge on any atom is 0.242 e. The number of aromatic nitrogens is 1. The number of carbonyl (C=O) groups excluding carboxylic acids is 2. The third-order valence-corrected chi connectivity index (χ3v) is 6.57. The number of piperidine rings is 1. The SMILES string of the molecule is CCN(CC)C(=O)Cn1ccc2cc(NC(=O)C3CC34CCNCC4)ccc21. The summed E-state index contributed by atoms with van der Waals surface area (Å²) in [6.45, 7) is 7.84. The van der Waals surface area contributed by atoms with Crippen molar-refractivity contribution in [2.75, 3.05) is 31.5 Å². The number of rotatable bonds is 6. The second-order valence-corrected chi connectivity index (χ2v) is 8.14. The van der Waals surface area contributed by atoms with Crippen molar-refractivity contribution in [3.63, 3.8) is 0 Å². The smallest absolute Gasteiger partial charge is 0.242 e. The Balaban J connectivity index is 1.43. The van der Waals surface area contributed by atoms with E-state index in [0.29, 0.717) is 6.54 Å². The van der Waals surface area contributed by atoms with Crippen molar-refractivity contribution in [3.8, 4) is 0 Å². The Morgan fingerprint density at radius 3 is 2.68 bits per heavy atom. The van der Waals surface area contributed by atoms with E-state index in [0.717, 1.165) is 62.0 Å². The van der Waals surface area contributed by atoms with Gasteiger partial charge in [-0.15, -0.1) is 0 Å². The molecule has 28 heavy (non-hydrogen) atoms. The second-order valence-electron chi connectivity index (χ2n) is 8.14. The van der Waals surface area contributed by atoms with Gasteiger partial charge in [0, 0.05) is 41.8 Å². The number of hydrogen-bond donors (Lipinski definition) is 2. The molecule has 6 heteroatoms. The van der Waals surface area contributed by atoms with E-state index in [9.17, 15) is 9.59 Å². The molecule has 1 aliphatic carbocycles. The highest BCUT2D eigenvalue weighted by Crippen LogP contribution is 2.58. The van der Waals surface area contributed by atoms with E-state index in [-0.39, 0.29) is 23.1 Å². The molecule has 4 rings (SSSR count). The van der Waals surface area contributed by atoms with E-state index in [1.807, 2.05) is 53.8 Å². The Hall–Kier alpha value is -2.34. The quantitative estimate of drug-likeness (QED) is 0.807. The highest BCUT2D eigenvalue weighted by atomic mass is 16.2. The molecule has 2 N–H and O–H groups in total. The van der Waals surface area contributed by atoms with Crippen LogP contribution in [0.4, 0.5) is 5.69 Å². The predicted molar refractivity (Wildman–Crippen MR) is 111 cm³/mol. The van der Waals surface area contributed by atoms with E-state index >= 15 is 0 Å². The van der Waals surface area contributed by atoms with Crippen LogP contribution in [-0.2, 0) is 16.1 Å². The zero-order chi connectivity index (χ0) is 19.7. The highest BCUT2D eigenvalue weighted by Gasteiger charge is 2.57. The Kier molecular flexibility index (Phi) is 5.15. The molecule has 0 bridgehead atoms. The summed E-state index contributed by atoms with van der Waals surface area (Å²) in [4.78, 5) is 26.9. The molecule has 1 saturated carbocycles. The summed E-state index contributed by atoms with van der Waals surface area (Å²) in [5.74, 6) is 0.430. The van der Waals surface area contributed by atoms with Gasteiger partial charge in [0.05, 0.1) is 0 Å². The molecular formula is C22H30N4O2. The highest BCUT2D eigenvalue weighted by molar-refractivity contribution is 5.97. The first-order valence-electron chi connectivity index (χ1n) is 10.4. The Bertz CT molecular complexity index is 878. The minimum atomic E-state index is 0.126. The van der Waals surface area contributed by atoms with Crippen molar-refractivity contribution in [3.05, 3.63) is 30.5 Å². The van der Waals surface area contributed by atoms with Gasteiger partial charge < -0.3 is 20.1 Å². The van der Waals surface area contributed by atoms with Crippen LogP contribution >= 0.6 is 0 Å². The Labute approximate surface area is 166 Å². The fourth-order valence-electron chi connectivity index (χ4n) is 4.66. The summed E-state index contributed by atoms with van der Waals surface area (Å²) in [6.07, 6.45) is 5.18. The zero-order valence-corrected chi connectivity index (χ0v) is 16.8. The lowest BCUT2D eigenvalue weighted by molar-refractivity contribution is -0.131. The van der Waals surface area contributed by atoms with Crippen LogP contribution in [0, 0.1) is 11.3 Å². The van der Waals surface area contributed by atoms with Crippen LogP contribution in [0.3, 0.4) is 0 Å². The molecule has 1 aromatic heterocycles. The van der Waals surface area contributed by atoms with Crippen LogP contribution in [0.2, 0.25) is 0 Å². The molecule has 1 spiro atoms. The standard InChI is InChI=1S/C22H30N4O2/c1-3-25(4-2)20(27)15-26-12-7-16-13-17(5-6-19(16)26)24-21(28)18-14-22(18)8-10-23-11-9-22/h5-7,12-13,18,23H,3-4,8-11,14-15H2,1-2H3,(H,24,28). The molecule has 1 aliphatic heterocycles. The number of nitrogens with zero attached hydrogens (tertiary/aromatic N) is 2. The van der Waals surface area contributed by atoms with E-state index in [1.165, 1.54) is 0 Å². The molecule has 1 aromatic carbocycles. The number of hydrogen-bond acceptors (Lipinski definition) is 3. The summed E-state index contributed by atoms with van der Waals surface area (Å²) < 4.78 is 1.98. The summed E-state index contributed by atoms with van der Waals surface area (Å²) in [5.41, 5.74) is 2.09. The Morgan fingerprint density at radius 2 is 1.96 bits per heavy atom. The topological polar surface area (TPSA) is 66.4 Å². The van der Waals surface area contributed by atoms with Gasteiger partial charge in [0.2, 0.25) is 11.8 Å². The van der Waals surface area contributed by atoms with Crippen LogP contribution in [0.15, 0.2) is 30.5 Å². The van der Waals surface area contributed by atoms with Crippen LogP contribution in [0.25, 0.3) is 10.9 Å². The molecule has 2 aromatic rings. The van der Waals surface area contributed by atoms with E-state index < -0.39 is 0 Å². The molecule has 1 atom stereocenters. The van der Waals surface area contributed by atoms with Gasteiger partial charge in [0.1, 0.15) is 6.54 Å². The molecule has 2 fully saturated rings. The van der Waals surface area contributed by atoms with Gasteiger partial charge in [-0.05, 0) is 75.9 Å². The number of amides is 2. The number of nitrogens with one attached hydrogen (secondary N) is 2. The minimum Gasteiger partial charge on any atom is -0.342 e. The first-order valence-corrected chi connectivity index (χ1v) is 10.4. The molecule has 2 amide bonds. The van der Waals surface area contributed by atoms with Gasteiger partial charge in [-0.1, -0.05) is 0 Å². The van der Waals surface area contributed by atoms with Crippen LogP contribution in [0.1, 0.15) is 33.1 Å². The van der Waals surface area contributed by atoms with Gasteiger partial charge >= 0.3 is 0 Å². The Morgan fingerprint density at radius 1 is 1.21 bits per heavy atom. The van der Waals surface area contributed by atoms with Crippen molar-refractivity contribution >= 4 is 28.4 Å². The average molecular weight is 383 g/mol. The normalized spacial score (nSPS) is 20.3.